The summed E-state index contributed by atoms with van der Waals surface area (Å²) >= 11 is 1.25. The Balaban J connectivity index is 2.48. The molecule has 2 aromatic rings. The number of aromatic nitrogens is 1. The van der Waals surface area contributed by atoms with Crippen LogP contribution in [0.1, 0.15) is 16.8 Å². The van der Waals surface area contributed by atoms with Gasteiger partial charge in [0.05, 0.1) is 10.6 Å². The Hall–Kier alpha value is -1.60. The van der Waals surface area contributed by atoms with Crippen LogP contribution in [0.2, 0.25) is 0 Å². The second-order valence-corrected chi connectivity index (χ2v) is 6.80. The summed E-state index contributed by atoms with van der Waals surface area (Å²) < 4.78 is 27.3. The van der Waals surface area contributed by atoms with E-state index in [1.54, 1.807) is 31.4 Å². The van der Waals surface area contributed by atoms with Gasteiger partial charge in [-0.2, -0.15) is 0 Å². The molecular formula is C12H15N3O2S2. The van der Waals surface area contributed by atoms with Gasteiger partial charge < -0.3 is 5.73 Å². The second-order valence-electron chi connectivity index (χ2n) is 4.33. The first kappa shape index (κ1) is 13.8. The maximum Gasteiger partial charge on any atom is 0.264 e. The van der Waals surface area contributed by atoms with Crippen LogP contribution in [0.5, 0.6) is 0 Å². The number of benzene rings is 1. The van der Waals surface area contributed by atoms with Gasteiger partial charge >= 0.3 is 0 Å². The van der Waals surface area contributed by atoms with Crippen LogP contribution in [-0.2, 0) is 10.0 Å². The fourth-order valence-corrected chi connectivity index (χ4v) is 4.27. The van der Waals surface area contributed by atoms with Gasteiger partial charge in [0.1, 0.15) is 0 Å². The number of hydrogen-bond acceptors (Lipinski definition) is 5. The monoisotopic (exact) mass is 297 g/mol. The van der Waals surface area contributed by atoms with Crippen LogP contribution < -0.4 is 10.5 Å². The fraction of sp³-hybridized carbons (Fsp3) is 0.250. The van der Waals surface area contributed by atoms with E-state index in [9.17, 15) is 8.42 Å². The van der Waals surface area contributed by atoms with Gasteiger partial charge in [-0.25, -0.2) is 13.4 Å². The van der Waals surface area contributed by atoms with Crippen molar-refractivity contribution in [3.8, 4) is 0 Å². The molecule has 2 rings (SSSR count). The first-order chi connectivity index (χ1) is 8.81. The van der Waals surface area contributed by atoms with E-state index in [0.29, 0.717) is 21.9 Å². The molecule has 0 atom stereocenters. The molecule has 0 bridgehead atoms. The summed E-state index contributed by atoms with van der Waals surface area (Å²) in [7, 11) is -3.67. The van der Waals surface area contributed by atoms with Crippen molar-refractivity contribution in [2.45, 2.75) is 25.7 Å². The molecule has 0 saturated heterocycles. The predicted molar refractivity (Wildman–Crippen MR) is 78.0 cm³/mol. The first-order valence-corrected chi connectivity index (χ1v) is 7.98. The Kier molecular flexibility index (Phi) is 3.51. The molecule has 102 valence electrons. The van der Waals surface area contributed by atoms with Crippen molar-refractivity contribution >= 4 is 32.2 Å². The smallest absolute Gasteiger partial charge is 0.264 e. The zero-order valence-corrected chi connectivity index (χ0v) is 12.5. The molecule has 0 radical (unpaired) electrons. The number of rotatable bonds is 3. The van der Waals surface area contributed by atoms with E-state index >= 15 is 0 Å². The topological polar surface area (TPSA) is 85.1 Å². The number of nitrogens with zero attached hydrogens (tertiary/aromatic N) is 1. The molecule has 0 amide bonds. The number of nitrogens with two attached hydrogens (primary N) is 1. The van der Waals surface area contributed by atoms with Crippen LogP contribution in [0.4, 0.5) is 10.8 Å². The third-order valence-electron chi connectivity index (χ3n) is 2.75. The van der Waals surface area contributed by atoms with Crippen LogP contribution in [0, 0.1) is 20.8 Å². The summed E-state index contributed by atoms with van der Waals surface area (Å²) in [5.74, 6) is 0. The number of nitrogen functional groups attached to an aromatic ring is 1. The number of nitrogens with one attached hydrogen (secondary N) is 1. The first-order valence-electron chi connectivity index (χ1n) is 5.62. The Morgan fingerprint density at radius 2 is 1.95 bits per heavy atom. The van der Waals surface area contributed by atoms with Crippen molar-refractivity contribution in [1.29, 1.82) is 0 Å². The molecule has 5 nitrogen and oxygen atoms in total. The normalized spacial score (nSPS) is 11.5. The highest BCUT2D eigenvalue weighted by molar-refractivity contribution is 7.93. The SMILES string of the molecule is Cc1csc(NS(=O)(=O)c2c(C)ccc(N)c2C)n1. The predicted octanol–water partition coefficient (Wildman–Crippen LogP) is 2.45. The Morgan fingerprint density at radius 3 is 2.53 bits per heavy atom. The standard InChI is InChI=1S/C12H15N3O2S2/c1-7-4-5-10(13)9(3)11(7)19(16,17)15-12-14-8(2)6-18-12/h4-6H,13H2,1-3H3,(H,14,15). The average Bonchev–Trinajstić information content (AvgIpc) is 2.68. The third kappa shape index (κ3) is 2.71. The zero-order chi connectivity index (χ0) is 14.2. The van der Waals surface area contributed by atoms with Gasteiger partial charge in [0.15, 0.2) is 5.13 Å². The van der Waals surface area contributed by atoms with E-state index in [2.05, 4.69) is 9.71 Å². The van der Waals surface area contributed by atoms with Crippen LogP contribution in [-0.4, -0.2) is 13.4 Å². The van der Waals surface area contributed by atoms with E-state index in [4.69, 9.17) is 5.73 Å². The highest BCUT2D eigenvalue weighted by atomic mass is 32.2. The average molecular weight is 297 g/mol. The van der Waals surface area contributed by atoms with Gasteiger partial charge in [-0.05, 0) is 38.0 Å². The van der Waals surface area contributed by atoms with E-state index in [1.807, 2.05) is 6.92 Å². The van der Waals surface area contributed by atoms with Gasteiger partial charge in [0.2, 0.25) is 0 Å². The molecule has 1 aromatic carbocycles. The summed E-state index contributed by atoms with van der Waals surface area (Å²) in [6, 6.07) is 3.40. The van der Waals surface area contributed by atoms with Crippen LogP contribution >= 0.6 is 11.3 Å². The fourth-order valence-electron chi connectivity index (χ4n) is 1.82. The van der Waals surface area contributed by atoms with Crippen molar-refractivity contribution in [2.75, 3.05) is 10.5 Å². The summed E-state index contributed by atoms with van der Waals surface area (Å²) in [6.45, 7) is 5.25. The lowest BCUT2D eigenvalue weighted by atomic mass is 10.1. The van der Waals surface area contributed by atoms with E-state index in [-0.39, 0.29) is 4.90 Å². The number of aryl methyl sites for hydroxylation is 2. The molecular weight excluding hydrogens is 282 g/mol. The van der Waals surface area contributed by atoms with Gasteiger partial charge in [0, 0.05) is 11.1 Å². The molecule has 0 unspecified atom stereocenters. The molecule has 0 fully saturated rings. The van der Waals surface area contributed by atoms with Gasteiger partial charge in [0.25, 0.3) is 10.0 Å². The molecule has 0 saturated carbocycles. The minimum atomic E-state index is -3.67. The van der Waals surface area contributed by atoms with Crippen molar-refractivity contribution < 1.29 is 8.42 Å². The second kappa shape index (κ2) is 4.82. The number of hydrogen-bond donors (Lipinski definition) is 2. The Morgan fingerprint density at radius 1 is 1.26 bits per heavy atom. The maximum atomic E-state index is 12.4. The molecule has 0 aliphatic carbocycles. The van der Waals surface area contributed by atoms with E-state index in [0.717, 1.165) is 5.69 Å². The zero-order valence-electron chi connectivity index (χ0n) is 10.9. The Bertz CT molecular complexity index is 721. The lowest BCUT2D eigenvalue weighted by Gasteiger charge is -2.12. The van der Waals surface area contributed by atoms with Crippen LogP contribution in [0.15, 0.2) is 22.4 Å². The van der Waals surface area contributed by atoms with Crippen molar-refractivity contribution in [2.24, 2.45) is 0 Å². The summed E-state index contributed by atoms with van der Waals surface area (Å²) in [4.78, 5) is 4.32. The molecule has 1 aromatic heterocycles. The number of sulfonamides is 1. The Labute approximate surface area is 116 Å². The quantitative estimate of drug-likeness (QED) is 0.852. The van der Waals surface area contributed by atoms with Crippen molar-refractivity contribution in [1.82, 2.24) is 4.98 Å². The molecule has 0 aliphatic heterocycles. The van der Waals surface area contributed by atoms with Gasteiger partial charge in [-0.1, -0.05) is 6.07 Å². The van der Waals surface area contributed by atoms with Crippen LogP contribution in [0.25, 0.3) is 0 Å². The largest absolute Gasteiger partial charge is 0.398 e. The summed E-state index contributed by atoms with van der Waals surface area (Å²) in [5, 5.41) is 2.15. The molecule has 0 aliphatic rings. The van der Waals surface area contributed by atoms with Crippen LogP contribution in [0.3, 0.4) is 0 Å². The molecule has 7 heteroatoms. The third-order valence-corrected chi connectivity index (χ3v) is 5.39. The summed E-state index contributed by atoms with van der Waals surface area (Å²) in [5.41, 5.74) is 8.24. The summed E-state index contributed by atoms with van der Waals surface area (Å²) in [6.07, 6.45) is 0. The van der Waals surface area contributed by atoms with Crippen molar-refractivity contribution in [3.63, 3.8) is 0 Å². The van der Waals surface area contributed by atoms with E-state index < -0.39 is 10.0 Å². The van der Waals surface area contributed by atoms with Gasteiger partial charge in [-0.15, -0.1) is 11.3 Å². The lowest BCUT2D eigenvalue weighted by Crippen LogP contribution is -2.16. The van der Waals surface area contributed by atoms with E-state index in [1.165, 1.54) is 11.3 Å². The molecule has 0 spiro atoms. The minimum absolute atomic E-state index is 0.223. The highest BCUT2D eigenvalue weighted by Crippen LogP contribution is 2.27. The molecule has 1 heterocycles. The number of anilines is 2. The lowest BCUT2D eigenvalue weighted by molar-refractivity contribution is 0.600. The van der Waals surface area contributed by atoms with Gasteiger partial charge in [-0.3, -0.25) is 4.72 Å². The molecule has 3 N–H and O–H groups in total. The molecule has 19 heavy (non-hydrogen) atoms. The minimum Gasteiger partial charge on any atom is -0.398 e. The maximum absolute atomic E-state index is 12.4. The van der Waals surface area contributed by atoms with Crippen molar-refractivity contribution in [3.05, 3.63) is 34.3 Å². The highest BCUT2D eigenvalue weighted by Gasteiger charge is 2.21. The number of thiazole rings is 1.